The third-order valence-electron chi connectivity index (χ3n) is 4.51. The number of nitrogens with two attached hydrogens (primary N) is 1. The maximum absolute atomic E-state index is 14.2. The molecule has 2 unspecified atom stereocenters. The SMILES string of the molecule is CN1CC(CN)CC1c1ccc(F)c(-c2ccccc2F)c1. The smallest absolute Gasteiger partial charge is 0.131 e. The van der Waals surface area contributed by atoms with E-state index in [4.69, 9.17) is 5.73 Å². The van der Waals surface area contributed by atoms with Gasteiger partial charge in [-0.3, -0.25) is 4.90 Å². The van der Waals surface area contributed by atoms with Crippen molar-refractivity contribution in [3.63, 3.8) is 0 Å². The number of hydrogen-bond acceptors (Lipinski definition) is 2. The molecule has 2 aromatic rings. The van der Waals surface area contributed by atoms with Crippen LogP contribution >= 0.6 is 0 Å². The molecule has 2 nitrogen and oxygen atoms in total. The van der Waals surface area contributed by atoms with Crippen LogP contribution in [0, 0.1) is 17.6 Å². The largest absolute Gasteiger partial charge is 0.330 e. The Morgan fingerprint density at radius 1 is 1.09 bits per heavy atom. The van der Waals surface area contributed by atoms with E-state index in [0.29, 0.717) is 23.6 Å². The molecule has 1 heterocycles. The molecule has 1 aliphatic heterocycles. The molecule has 2 aromatic carbocycles. The van der Waals surface area contributed by atoms with E-state index in [0.717, 1.165) is 18.5 Å². The Hall–Kier alpha value is -1.78. The summed E-state index contributed by atoms with van der Waals surface area (Å²) in [4.78, 5) is 2.23. The molecule has 0 radical (unpaired) electrons. The van der Waals surface area contributed by atoms with Gasteiger partial charge in [-0.2, -0.15) is 0 Å². The highest BCUT2D eigenvalue weighted by Gasteiger charge is 2.30. The Labute approximate surface area is 129 Å². The molecule has 1 saturated heterocycles. The second-order valence-electron chi connectivity index (χ2n) is 6.01. The average molecular weight is 302 g/mol. The summed E-state index contributed by atoms with van der Waals surface area (Å²) in [5.41, 5.74) is 7.40. The van der Waals surface area contributed by atoms with Crippen LogP contribution in [0.25, 0.3) is 11.1 Å². The average Bonchev–Trinajstić information content (AvgIpc) is 2.90. The van der Waals surface area contributed by atoms with Gasteiger partial charge in [0.25, 0.3) is 0 Å². The lowest BCUT2D eigenvalue weighted by Gasteiger charge is -2.20. The van der Waals surface area contributed by atoms with Gasteiger partial charge in [0, 0.05) is 23.7 Å². The summed E-state index contributed by atoms with van der Waals surface area (Å²) in [6, 6.07) is 11.5. The molecular weight excluding hydrogens is 282 g/mol. The molecule has 4 heteroatoms. The van der Waals surface area contributed by atoms with E-state index in [1.54, 1.807) is 30.3 Å². The first-order chi connectivity index (χ1) is 10.6. The van der Waals surface area contributed by atoms with Crippen LogP contribution < -0.4 is 5.73 Å². The van der Waals surface area contributed by atoms with Crippen LogP contribution in [-0.4, -0.2) is 25.0 Å². The predicted molar refractivity (Wildman–Crippen MR) is 84.3 cm³/mol. The third-order valence-corrected chi connectivity index (χ3v) is 4.51. The van der Waals surface area contributed by atoms with Crippen molar-refractivity contribution in [1.29, 1.82) is 0 Å². The van der Waals surface area contributed by atoms with Gasteiger partial charge < -0.3 is 5.73 Å². The molecule has 1 fully saturated rings. The molecule has 1 aliphatic rings. The van der Waals surface area contributed by atoms with E-state index < -0.39 is 11.6 Å². The molecule has 22 heavy (non-hydrogen) atoms. The molecule has 0 amide bonds. The summed E-state index contributed by atoms with van der Waals surface area (Å²) in [6.45, 7) is 1.59. The molecule has 0 saturated carbocycles. The topological polar surface area (TPSA) is 29.3 Å². The van der Waals surface area contributed by atoms with E-state index in [1.807, 2.05) is 7.05 Å². The van der Waals surface area contributed by atoms with Crippen LogP contribution in [0.1, 0.15) is 18.0 Å². The Morgan fingerprint density at radius 2 is 1.82 bits per heavy atom. The summed E-state index contributed by atoms with van der Waals surface area (Å²) in [6.07, 6.45) is 0.954. The molecule has 0 aromatic heterocycles. The van der Waals surface area contributed by atoms with Gasteiger partial charge in [0.1, 0.15) is 11.6 Å². The molecular formula is C18H20F2N2. The lowest BCUT2D eigenvalue weighted by Crippen LogP contribution is -2.20. The number of rotatable bonds is 3. The molecule has 116 valence electrons. The van der Waals surface area contributed by atoms with Crippen molar-refractivity contribution in [2.75, 3.05) is 20.1 Å². The number of benzene rings is 2. The van der Waals surface area contributed by atoms with Gasteiger partial charge in [-0.25, -0.2) is 8.78 Å². The van der Waals surface area contributed by atoms with Crippen LogP contribution in [0.5, 0.6) is 0 Å². The van der Waals surface area contributed by atoms with Crippen molar-refractivity contribution in [2.45, 2.75) is 12.5 Å². The van der Waals surface area contributed by atoms with E-state index >= 15 is 0 Å². The third kappa shape index (κ3) is 2.76. The lowest BCUT2D eigenvalue weighted by atomic mass is 9.95. The van der Waals surface area contributed by atoms with E-state index in [2.05, 4.69) is 4.90 Å². The minimum atomic E-state index is -0.404. The molecule has 2 atom stereocenters. The Kier molecular flexibility index (Phi) is 4.23. The van der Waals surface area contributed by atoms with Gasteiger partial charge in [0.15, 0.2) is 0 Å². The van der Waals surface area contributed by atoms with Gasteiger partial charge in [0.2, 0.25) is 0 Å². The zero-order chi connectivity index (χ0) is 15.7. The van der Waals surface area contributed by atoms with Crippen LogP contribution in [0.2, 0.25) is 0 Å². The number of halogens is 2. The van der Waals surface area contributed by atoms with Crippen LogP contribution in [0.4, 0.5) is 8.78 Å². The number of nitrogens with zero attached hydrogens (tertiary/aromatic N) is 1. The first kappa shape index (κ1) is 15.1. The van der Waals surface area contributed by atoms with E-state index in [9.17, 15) is 8.78 Å². The highest BCUT2D eigenvalue weighted by molar-refractivity contribution is 5.65. The van der Waals surface area contributed by atoms with Gasteiger partial charge in [-0.1, -0.05) is 24.3 Å². The van der Waals surface area contributed by atoms with Gasteiger partial charge in [-0.15, -0.1) is 0 Å². The second kappa shape index (κ2) is 6.15. The monoisotopic (exact) mass is 302 g/mol. The summed E-state index contributed by atoms with van der Waals surface area (Å²) < 4.78 is 28.1. The molecule has 0 bridgehead atoms. The normalized spacial score (nSPS) is 22.2. The van der Waals surface area contributed by atoms with Crippen molar-refractivity contribution in [3.8, 4) is 11.1 Å². The van der Waals surface area contributed by atoms with Crippen LogP contribution in [-0.2, 0) is 0 Å². The van der Waals surface area contributed by atoms with Gasteiger partial charge in [-0.05, 0) is 49.7 Å². The highest BCUT2D eigenvalue weighted by Crippen LogP contribution is 2.36. The first-order valence-corrected chi connectivity index (χ1v) is 7.54. The fourth-order valence-electron chi connectivity index (χ4n) is 3.30. The summed E-state index contributed by atoms with van der Waals surface area (Å²) in [5, 5.41) is 0. The minimum Gasteiger partial charge on any atom is -0.330 e. The summed E-state index contributed by atoms with van der Waals surface area (Å²) in [7, 11) is 2.05. The van der Waals surface area contributed by atoms with E-state index in [-0.39, 0.29) is 6.04 Å². The van der Waals surface area contributed by atoms with Crippen molar-refractivity contribution < 1.29 is 8.78 Å². The maximum Gasteiger partial charge on any atom is 0.131 e. The van der Waals surface area contributed by atoms with Crippen molar-refractivity contribution in [3.05, 3.63) is 59.7 Å². The van der Waals surface area contributed by atoms with Crippen LogP contribution in [0.15, 0.2) is 42.5 Å². The van der Waals surface area contributed by atoms with E-state index in [1.165, 1.54) is 12.1 Å². The van der Waals surface area contributed by atoms with Gasteiger partial charge >= 0.3 is 0 Å². The molecule has 3 rings (SSSR count). The molecule has 0 aliphatic carbocycles. The minimum absolute atomic E-state index is 0.208. The Balaban J connectivity index is 1.99. The Morgan fingerprint density at radius 3 is 2.50 bits per heavy atom. The fourth-order valence-corrected chi connectivity index (χ4v) is 3.30. The Bertz CT molecular complexity index is 672. The first-order valence-electron chi connectivity index (χ1n) is 7.54. The molecule has 0 spiro atoms. The molecule has 2 N–H and O–H groups in total. The summed E-state index contributed by atoms with van der Waals surface area (Å²) >= 11 is 0. The van der Waals surface area contributed by atoms with Crippen LogP contribution in [0.3, 0.4) is 0 Å². The van der Waals surface area contributed by atoms with Gasteiger partial charge in [0.05, 0.1) is 0 Å². The quantitative estimate of drug-likeness (QED) is 0.939. The summed E-state index contributed by atoms with van der Waals surface area (Å²) in [5.74, 6) is -0.347. The van der Waals surface area contributed by atoms with Crippen molar-refractivity contribution in [1.82, 2.24) is 4.90 Å². The zero-order valence-electron chi connectivity index (χ0n) is 12.6. The van der Waals surface area contributed by atoms with Crippen molar-refractivity contribution >= 4 is 0 Å². The zero-order valence-corrected chi connectivity index (χ0v) is 12.6. The number of likely N-dealkylation sites (tertiary alicyclic amines) is 1. The maximum atomic E-state index is 14.2. The standard InChI is InChI=1S/C18H20F2N2/c1-22-11-12(10-21)8-18(22)13-6-7-17(20)15(9-13)14-4-2-3-5-16(14)19/h2-7,9,12,18H,8,10-11,21H2,1H3. The fraction of sp³-hybridized carbons (Fsp3) is 0.333. The number of hydrogen-bond donors (Lipinski definition) is 1. The predicted octanol–water partition coefficient (Wildman–Crippen LogP) is 3.58. The van der Waals surface area contributed by atoms with Crippen molar-refractivity contribution in [2.24, 2.45) is 11.7 Å². The highest BCUT2D eigenvalue weighted by atomic mass is 19.1. The lowest BCUT2D eigenvalue weighted by molar-refractivity contribution is 0.313. The second-order valence-corrected chi connectivity index (χ2v) is 6.01.